The summed E-state index contributed by atoms with van der Waals surface area (Å²) in [6.45, 7) is 3.77. The average Bonchev–Trinajstić information content (AvgIpc) is 3.00. The first-order chi connectivity index (χ1) is 11.7. The molecule has 6 heteroatoms. The molecule has 0 saturated heterocycles. The molecule has 1 aromatic heterocycles. The maximum Gasteiger partial charge on any atom is 0.378 e. The SMILES string of the molecule is CCOC(=O)c1onc(CCCc2ccccc2)c1C(=O)OCC. The quantitative estimate of drug-likeness (QED) is 0.691. The molecule has 0 unspecified atom stereocenters. The highest BCUT2D eigenvalue weighted by Gasteiger charge is 2.29. The van der Waals surface area contributed by atoms with Gasteiger partial charge in [0.1, 0.15) is 5.56 Å². The Morgan fingerprint density at radius 1 is 1.00 bits per heavy atom. The van der Waals surface area contributed by atoms with Crippen molar-refractivity contribution in [1.82, 2.24) is 5.16 Å². The topological polar surface area (TPSA) is 78.6 Å². The molecule has 0 atom stereocenters. The predicted molar refractivity (Wildman–Crippen MR) is 86.9 cm³/mol. The van der Waals surface area contributed by atoms with Crippen molar-refractivity contribution in [2.75, 3.05) is 13.2 Å². The Morgan fingerprint density at radius 3 is 2.33 bits per heavy atom. The number of ether oxygens (including phenoxy) is 2. The molecule has 0 aliphatic rings. The lowest BCUT2D eigenvalue weighted by atomic mass is 10.0. The van der Waals surface area contributed by atoms with Crippen LogP contribution in [0.2, 0.25) is 0 Å². The minimum atomic E-state index is -0.706. The van der Waals surface area contributed by atoms with Crippen molar-refractivity contribution >= 4 is 11.9 Å². The van der Waals surface area contributed by atoms with E-state index in [-0.39, 0.29) is 24.5 Å². The number of hydrogen-bond donors (Lipinski definition) is 0. The largest absolute Gasteiger partial charge is 0.462 e. The summed E-state index contributed by atoms with van der Waals surface area (Å²) >= 11 is 0. The van der Waals surface area contributed by atoms with E-state index in [0.29, 0.717) is 12.1 Å². The van der Waals surface area contributed by atoms with E-state index in [9.17, 15) is 9.59 Å². The van der Waals surface area contributed by atoms with Crippen molar-refractivity contribution in [3.05, 3.63) is 52.9 Å². The van der Waals surface area contributed by atoms with Crippen LogP contribution < -0.4 is 0 Å². The number of aromatic nitrogens is 1. The lowest BCUT2D eigenvalue weighted by molar-refractivity contribution is 0.0445. The number of carbonyl (C=O) groups excluding carboxylic acids is 2. The van der Waals surface area contributed by atoms with Crippen LogP contribution in [0.4, 0.5) is 0 Å². The van der Waals surface area contributed by atoms with E-state index in [0.717, 1.165) is 12.8 Å². The second kappa shape index (κ2) is 8.86. The zero-order chi connectivity index (χ0) is 17.4. The van der Waals surface area contributed by atoms with Gasteiger partial charge in [-0.15, -0.1) is 0 Å². The third kappa shape index (κ3) is 4.44. The van der Waals surface area contributed by atoms with Gasteiger partial charge < -0.3 is 14.0 Å². The normalized spacial score (nSPS) is 10.4. The maximum absolute atomic E-state index is 12.2. The van der Waals surface area contributed by atoms with Crippen LogP contribution in [0, 0.1) is 0 Å². The zero-order valence-electron chi connectivity index (χ0n) is 13.9. The number of benzene rings is 1. The molecule has 0 aliphatic heterocycles. The van der Waals surface area contributed by atoms with Crippen LogP contribution in [0.25, 0.3) is 0 Å². The first-order valence-corrected chi connectivity index (χ1v) is 8.04. The minimum absolute atomic E-state index is 0.0726. The number of nitrogens with zero attached hydrogens (tertiary/aromatic N) is 1. The molecule has 0 radical (unpaired) electrons. The van der Waals surface area contributed by atoms with Gasteiger partial charge in [-0.1, -0.05) is 35.5 Å². The van der Waals surface area contributed by atoms with Gasteiger partial charge in [0, 0.05) is 0 Å². The van der Waals surface area contributed by atoms with E-state index in [1.54, 1.807) is 13.8 Å². The van der Waals surface area contributed by atoms with Gasteiger partial charge in [-0.25, -0.2) is 9.59 Å². The predicted octanol–water partition coefficient (Wildman–Crippen LogP) is 3.20. The smallest absolute Gasteiger partial charge is 0.378 e. The third-order valence-corrected chi connectivity index (χ3v) is 3.43. The first-order valence-electron chi connectivity index (χ1n) is 8.04. The summed E-state index contributed by atoms with van der Waals surface area (Å²) in [6, 6.07) is 10.0. The van der Waals surface area contributed by atoms with E-state index in [1.807, 2.05) is 30.3 Å². The monoisotopic (exact) mass is 331 g/mol. The molecule has 24 heavy (non-hydrogen) atoms. The number of aryl methyl sites for hydroxylation is 2. The Balaban J connectivity index is 2.13. The van der Waals surface area contributed by atoms with E-state index in [1.165, 1.54) is 5.56 Å². The number of carbonyl (C=O) groups is 2. The van der Waals surface area contributed by atoms with E-state index >= 15 is 0 Å². The molecule has 2 aromatic rings. The van der Waals surface area contributed by atoms with Gasteiger partial charge in [-0.2, -0.15) is 0 Å². The van der Waals surface area contributed by atoms with Gasteiger partial charge >= 0.3 is 11.9 Å². The molecule has 0 bridgehead atoms. The molecular formula is C18H21NO5. The van der Waals surface area contributed by atoms with Gasteiger partial charge in [0.15, 0.2) is 0 Å². The van der Waals surface area contributed by atoms with Crippen LogP contribution >= 0.6 is 0 Å². The Hall–Kier alpha value is -2.63. The van der Waals surface area contributed by atoms with E-state index in [4.69, 9.17) is 14.0 Å². The van der Waals surface area contributed by atoms with Crippen molar-refractivity contribution in [2.45, 2.75) is 33.1 Å². The summed E-state index contributed by atoms with van der Waals surface area (Å²) in [5, 5.41) is 3.88. The molecule has 1 aromatic carbocycles. The van der Waals surface area contributed by atoms with Crippen molar-refractivity contribution in [1.29, 1.82) is 0 Å². The molecule has 0 amide bonds. The Bertz CT molecular complexity index is 678. The van der Waals surface area contributed by atoms with Crippen molar-refractivity contribution < 1.29 is 23.6 Å². The van der Waals surface area contributed by atoms with Crippen LogP contribution in [0.1, 0.15) is 52.4 Å². The molecule has 0 spiro atoms. The van der Waals surface area contributed by atoms with Crippen molar-refractivity contribution in [2.24, 2.45) is 0 Å². The Kier molecular flexibility index (Phi) is 6.54. The average molecular weight is 331 g/mol. The van der Waals surface area contributed by atoms with Gasteiger partial charge in [-0.05, 0) is 38.7 Å². The van der Waals surface area contributed by atoms with Crippen LogP contribution in [-0.2, 0) is 22.3 Å². The van der Waals surface area contributed by atoms with Crippen molar-refractivity contribution in [3.63, 3.8) is 0 Å². The number of esters is 2. The van der Waals surface area contributed by atoms with E-state index < -0.39 is 11.9 Å². The molecule has 0 N–H and O–H groups in total. The van der Waals surface area contributed by atoms with Gasteiger partial charge in [0.05, 0.1) is 18.9 Å². The second-order valence-electron chi connectivity index (χ2n) is 5.11. The van der Waals surface area contributed by atoms with Crippen LogP contribution in [0.15, 0.2) is 34.9 Å². The zero-order valence-corrected chi connectivity index (χ0v) is 13.9. The lowest BCUT2D eigenvalue weighted by Gasteiger charge is -2.04. The minimum Gasteiger partial charge on any atom is -0.462 e. The molecule has 1 heterocycles. The Morgan fingerprint density at radius 2 is 1.67 bits per heavy atom. The highest BCUT2D eigenvalue weighted by atomic mass is 16.6. The summed E-state index contributed by atoms with van der Waals surface area (Å²) in [6.07, 6.45) is 2.11. The molecular weight excluding hydrogens is 310 g/mol. The van der Waals surface area contributed by atoms with Crippen molar-refractivity contribution in [3.8, 4) is 0 Å². The molecule has 6 nitrogen and oxygen atoms in total. The molecule has 128 valence electrons. The molecule has 0 fully saturated rings. The van der Waals surface area contributed by atoms with Crippen LogP contribution in [0.5, 0.6) is 0 Å². The molecule has 0 aliphatic carbocycles. The lowest BCUT2D eigenvalue weighted by Crippen LogP contribution is -2.14. The Labute approximate surface area is 140 Å². The fraction of sp³-hybridized carbons (Fsp3) is 0.389. The summed E-state index contributed by atoms with van der Waals surface area (Å²) < 4.78 is 15.0. The second-order valence-corrected chi connectivity index (χ2v) is 5.11. The van der Waals surface area contributed by atoms with Crippen LogP contribution in [-0.4, -0.2) is 30.3 Å². The van der Waals surface area contributed by atoms with Crippen LogP contribution in [0.3, 0.4) is 0 Å². The van der Waals surface area contributed by atoms with E-state index in [2.05, 4.69) is 5.16 Å². The maximum atomic E-state index is 12.2. The first kappa shape index (κ1) is 17.7. The van der Waals surface area contributed by atoms with Gasteiger partial charge in [-0.3, -0.25) is 0 Å². The summed E-state index contributed by atoms with van der Waals surface area (Å²) in [5.41, 5.74) is 1.69. The highest BCUT2D eigenvalue weighted by Crippen LogP contribution is 2.19. The molecule has 0 saturated carbocycles. The summed E-state index contributed by atoms with van der Waals surface area (Å²) in [4.78, 5) is 24.1. The summed E-state index contributed by atoms with van der Waals surface area (Å²) in [7, 11) is 0. The molecule has 2 rings (SSSR count). The van der Waals surface area contributed by atoms with Gasteiger partial charge in [0.2, 0.25) is 0 Å². The number of rotatable bonds is 8. The fourth-order valence-electron chi connectivity index (χ4n) is 2.35. The number of hydrogen-bond acceptors (Lipinski definition) is 6. The summed E-state index contributed by atoms with van der Waals surface area (Å²) in [5.74, 6) is -1.51. The third-order valence-electron chi connectivity index (χ3n) is 3.43. The fourth-order valence-corrected chi connectivity index (χ4v) is 2.35. The standard InChI is InChI=1S/C18H21NO5/c1-3-22-17(20)15-14(19-24-16(15)18(21)23-4-2)12-8-11-13-9-6-5-7-10-13/h5-7,9-10H,3-4,8,11-12H2,1-2H3. The van der Waals surface area contributed by atoms with Gasteiger partial charge in [0.25, 0.3) is 5.76 Å². The highest BCUT2D eigenvalue weighted by molar-refractivity contribution is 6.02.